The third-order valence-electron chi connectivity index (χ3n) is 4.44. The van der Waals surface area contributed by atoms with Crippen molar-refractivity contribution in [3.63, 3.8) is 0 Å². The normalized spacial score (nSPS) is 13.0. The fourth-order valence-corrected chi connectivity index (χ4v) is 2.87. The van der Waals surface area contributed by atoms with E-state index in [-0.39, 0.29) is 6.10 Å². The molecular formula is C21H42O. The molecular weight excluding hydrogens is 268 g/mol. The third-order valence-corrected chi connectivity index (χ3v) is 4.44. The minimum Gasteiger partial charge on any atom is -0.393 e. The second kappa shape index (κ2) is 18.7. The van der Waals surface area contributed by atoms with Crippen molar-refractivity contribution in [2.24, 2.45) is 0 Å². The largest absolute Gasteiger partial charge is 0.393 e. The summed E-state index contributed by atoms with van der Waals surface area (Å²) in [6, 6.07) is 0. The molecule has 0 radical (unpaired) electrons. The number of aliphatic hydroxyl groups is 1. The maximum Gasteiger partial charge on any atom is 0.0574 e. The monoisotopic (exact) mass is 310 g/mol. The summed E-state index contributed by atoms with van der Waals surface area (Å²) in [7, 11) is 0. The molecule has 0 saturated carbocycles. The maximum absolute atomic E-state index is 9.94. The molecule has 1 unspecified atom stereocenters. The maximum atomic E-state index is 9.94. The van der Waals surface area contributed by atoms with Crippen LogP contribution in [-0.2, 0) is 0 Å². The van der Waals surface area contributed by atoms with Crippen LogP contribution in [-0.4, -0.2) is 11.2 Å². The SMILES string of the molecule is CCCCCC/C=C/CC(O)CCCCCCCCCCC. The molecule has 1 nitrogen and oxygen atoms in total. The number of hydrogen-bond acceptors (Lipinski definition) is 1. The van der Waals surface area contributed by atoms with Crippen LogP contribution in [0.25, 0.3) is 0 Å². The first-order valence-corrected chi connectivity index (χ1v) is 10.1. The molecule has 0 bridgehead atoms. The highest BCUT2D eigenvalue weighted by atomic mass is 16.3. The van der Waals surface area contributed by atoms with E-state index in [0.717, 1.165) is 12.8 Å². The topological polar surface area (TPSA) is 20.2 Å². The van der Waals surface area contributed by atoms with E-state index in [9.17, 15) is 5.11 Å². The second-order valence-electron chi connectivity index (χ2n) is 6.83. The van der Waals surface area contributed by atoms with Crippen molar-refractivity contribution in [1.29, 1.82) is 0 Å². The molecule has 0 rings (SSSR count). The average molecular weight is 311 g/mol. The molecule has 0 spiro atoms. The van der Waals surface area contributed by atoms with E-state index >= 15 is 0 Å². The lowest BCUT2D eigenvalue weighted by Crippen LogP contribution is -2.04. The van der Waals surface area contributed by atoms with Gasteiger partial charge in [-0.1, -0.05) is 103 Å². The molecule has 1 heteroatoms. The van der Waals surface area contributed by atoms with E-state index in [0.29, 0.717) is 0 Å². The van der Waals surface area contributed by atoms with E-state index < -0.39 is 0 Å². The van der Waals surface area contributed by atoms with E-state index in [4.69, 9.17) is 0 Å². The number of allylic oxidation sites excluding steroid dienone is 1. The fraction of sp³-hybridized carbons (Fsp3) is 0.905. The van der Waals surface area contributed by atoms with Gasteiger partial charge in [0.05, 0.1) is 6.10 Å². The van der Waals surface area contributed by atoms with Crippen LogP contribution in [0.15, 0.2) is 12.2 Å². The van der Waals surface area contributed by atoms with Crippen LogP contribution in [0.2, 0.25) is 0 Å². The number of unbranched alkanes of at least 4 members (excludes halogenated alkanes) is 12. The summed E-state index contributed by atoms with van der Waals surface area (Å²) in [6.07, 6.45) is 24.9. The first kappa shape index (κ1) is 21.7. The predicted molar refractivity (Wildman–Crippen MR) is 100 cm³/mol. The van der Waals surface area contributed by atoms with Crippen LogP contribution in [0.3, 0.4) is 0 Å². The molecule has 0 aromatic heterocycles. The molecule has 132 valence electrons. The van der Waals surface area contributed by atoms with Gasteiger partial charge in [0.25, 0.3) is 0 Å². The Morgan fingerprint density at radius 1 is 0.636 bits per heavy atom. The van der Waals surface area contributed by atoms with Crippen molar-refractivity contribution >= 4 is 0 Å². The van der Waals surface area contributed by atoms with Gasteiger partial charge in [-0.3, -0.25) is 0 Å². The summed E-state index contributed by atoms with van der Waals surface area (Å²) in [5.74, 6) is 0. The van der Waals surface area contributed by atoms with Gasteiger partial charge in [-0.15, -0.1) is 0 Å². The Labute approximate surface area is 140 Å². The molecule has 0 aromatic carbocycles. The Morgan fingerprint density at radius 3 is 1.73 bits per heavy atom. The zero-order valence-electron chi connectivity index (χ0n) is 15.5. The van der Waals surface area contributed by atoms with Crippen molar-refractivity contribution < 1.29 is 5.11 Å². The molecule has 1 atom stereocenters. The number of aliphatic hydroxyl groups excluding tert-OH is 1. The minimum atomic E-state index is -0.114. The first-order valence-electron chi connectivity index (χ1n) is 10.1. The molecule has 0 amide bonds. The Bertz CT molecular complexity index is 222. The van der Waals surface area contributed by atoms with E-state index in [1.54, 1.807) is 0 Å². The second-order valence-corrected chi connectivity index (χ2v) is 6.83. The average Bonchev–Trinajstić information content (AvgIpc) is 2.52. The van der Waals surface area contributed by atoms with Crippen molar-refractivity contribution in [3.8, 4) is 0 Å². The van der Waals surface area contributed by atoms with Gasteiger partial charge in [-0.25, -0.2) is 0 Å². The highest BCUT2D eigenvalue weighted by Crippen LogP contribution is 2.12. The highest BCUT2D eigenvalue weighted by molar-refractivity contribution is 4.83. The van der Waals surface area contributed by atoms with Gasteiger partial charge in [0, 0.05) is 0 Å². The van der Waals surface area contributed by atoms with Gasteiger partial charge < -0.3 is 5.11 Å². The Balaban J connectivity index is 3.21. The minimum absolute atomic E-state index is 0.114. The summed E-state index contributed by atoms with van der Waals surface area (Å²) in [5, 5.41) is 9.94. The summed E-state index contributed by atoms with van der Waals surface area (Å²) >= 11 is 0. The molecule has 0 aliphatic rings. The van der Waals surface area contributed by atoms with Crippen LogP contribution in [0.5, 0.6) is 0 Å². The Kier molecular flexibility index (Phi) is 18.5. The smallest absolute Gasteiger partial charge is 0.0574 e. The molecule has 0 aliphatic heterocycles. The van der Waals surface area contributed by atoms with Crippen LogP contribution < -0.4 is 0 Å². The van der Waals surface area contributed by atoms with Gasteiger partial charge in [0.2, 0.25) is 0 Å². The van der Waals surface area contributed by atoms with Crippen molar-refractivity contribution in [1.82, 2.24) is 0 Å². The highest BCUT2D eigenvalue weighted by Gasteiger charge is 2.01. The quantitative estimate of drug-likeness (QED) is 0.223. The third kappa shape index (κ3) is 17.8. The standard InChI is InChI=1S/C21H42O/c1-3-5-7-9-11-12-14-16-18-20-21(22)19-17-15-13-10-8-6-4-2/h15,17,21-22H,3-14,16,18-20H2,1-2H3/b17-15+. The molecule has 0 heterocycles. The molecule has 0 aromatic rings. The predicted octanol–water partition coefficient (Wildman–Crippen LogP) is 7.18. The summed E-state index contributed by atoms with van der Waals surface area (Å²) in [5.41, 5.74) is 0. The van der Waals surface area contributed by atoms with Crippen LogP contribution in [0, 0.1) is 0 Å². The number of hydrogen-bond donors (Lipinski definition) is 1. The van der Waals surface area contributed by atoms with Crippen LogP contribution in [0.1, 0.15) is 117 Å². The van der Waals surface area contributed by atoms with E-state index in [2.05, 4.69) is 26.0 Å². The molecule has 0 saturated heterocycles. The zero-order valence-corrected chi connectivity index (χ0v) is 15.5. The lowest BCUT2D eigenvalue weighted by Gasteiger charge is -2.07. The summed E-state index contributed by atoms with van der Waals surface area (Å²) < 4.78 is 0. The van der Waals surface area contributed by atoms with Crippen LogP contribution in [0.4, 0.5) is 0 Å². The van der Waals surface area contributed by atoms with Crippen LogP contribution >= 0.6 is 0 Å². The fourth-order valence-electron chi connectivity index (χ4n) is 2.87. The summed E-state index contributed by atoms with van der Waals surface area (Å²) in [6.45, 7) is 4.52. The van der Waals surface area contributed by atoms with Gasteiger partial charge in [0.15, 0.2) is 0 Å². The van der Waals surface area contributed by atoms with Gasteiger partial charge >= 0.3 is 0 Å². The van der Waals surface area contributed by atoms with Gasteiger partial charge in [0.1, 0.15) is 0 Å². The Morgan fingerprint density at radius 2 is 1.14 bits per heavy atom. The Hall–Kier alpha value is -0.300. The summed E-state index contributed by atoms with van der Waals surface area (Å²) in [4.78, 5) is 0. The molecule has 0 aliphatic carbocycles. The molecule has 0 fully saturated rings. The molecule has 22 heavy (non-hydrogen) atoms. The number of rotatable bonds is 17. The van der Waals surface area contributed by atoms with E-state index in [1.165, 1.54) is 89.9 Å². The van der Waals surface area contributed by atoms with Crippen molar-refractivity contribution in [3.05, 3.63) is 12.2 Å². The first-order chi connectivity index (χ1) is 10.8. The lowest BCUT2D eigenvalue weighted by atomic mass is 10.0. The van der Waals surface area contributed by atoms with Gasteiger partial charge in [-0.05, 0) is 25.7 Å². The van der Waals surface area contributed by atoms with E-state index in [1.807, 2.05) is 0 Å². The zero-order chi connectivity index (χ0) is 16.3. The van der Waals surface area contributed by atoms with Gasteiger partial charge in [-0.2, -0.15) is 0 Å². The lowest BCUT2D eigenvalue weighted by molar-refractivity contribution is 0.163. The van der Waals surface area contributed by atoms with Crippen molar-refractivity contribution in [2.45, 2.75) is 123 Å². The molecule has 1 N–H and O–H groups in total. The van der Waals surface area contributed by atoms with Crippen molar-refractivity contribution in [2.75, 3.05) is 0 Å².